The standard InChI is InChI=1S/C23H20F3N5/c1-15(28-21-7-2-3-11-27-21)31-18-10-12-30(14-18)20-9-8-19(29-22(20)31)16-5-4-6-17(13-16)23(24,25)26/h2-9,11,13,18H,1,10,12,14H2,(H,27,28)/t18-/m1/s1. The number of hydrogen-bond donors (Lipinski definition) is 1. The molecule has 1 atom stereocenters. The second-order valence-electron chi connectivity index (χ2n) is 7.66. The molecule has 31 heavy (non-hydrogen) atoms. The van der Waals surface area contributed by atoms with Crippen molar-refractivity contribution >= 4 is 17.3 Å². The second-order valence-corrected chi connectivity index (χ2v) is 7.66. The van der Waals surface area contributed by atoms with Gasteiger partial charge in [0.2, 0.25) is 0 Å². The van der Waals surface area contributed by atoms with Crippen LogP contribution in [-0.2, 0) is 6.18 Å². The number of anilines is 3. The predicted octanol–water partition coefficient (Wildman–Crippen LogP) is 5.14. The maximum absolute atomic E-state index is 13.2. The minimum absolute atomic E-state index is 0.181. The van der Waals surface area contributed by atoms with Gasteiger partial charge in [0.25, 0.3) is 0 Å². The SMILES string of the molecule is C=C(Nc1ccccn1)N1c2nc(-c3cccc(C(F)(F)F)c3)ccc2N2CC[C@@H]1C2. The van der Waals surface area contributed by atoms with Crippen LogP contribution >= 0.6 is 0 Å². The summed E-state index contributed by atoms with van der Waals surface area (Å²) in [4.78, 5) is 13.4. The Morgan fingerprint density at radius 3 is 2.74 bits per heavy atom. The molecule has 0 saturated carbocycles. The number of rotatable bonds is 4. The molecule has 158 valence electrons. The maximum atomic E-state index is 13.2. The second kappa shape index (κ2) is 7.30. The van der Waals surface area contributed by atoms with Crippen LogP contribution in [0.15, 0.2) is 73.2 Å². The molecule has 2 aromatic heterocycles. The summed E-state index contributed by atoms with van der Waals surface area (Å²) in [7, 11) is 0. The average Bonchev–Trinajstić information content (AvgIpc) is 3.18. The largest absolute Gasteiger partial charge is 0.416 e. The lowest BCUT2D eigenvalue weighted by atomic mass is 10.1. The highest BCUT2D eigenvalue weighted by Gasteiger charge is 2.38. The Kier molecular flexibility index (Phi) is 4.57. The number of benzene rings is 1. The molecule has 0 spiro atoms. The fraction of sp³-hybridized carbons (Fsp3) is 0.217. The highest BCUT2D eigenvalue weighted by Crippen LogP contribution is 2.42. The first kappa shape index (κ1) is 19.4. The fourth-order valence-electron chi connectivity index (χ4n) is 4.22. The van der Waals surface area contributed by atoms with Gasteiger partial charge in [-0.2, -0.15) is 13.2 Å². The number of aromatic nitrogens is 2. The summed E-state index contributed by atoms with van der Waals surface area (Å²) in [6.07, 6.45) is -1.76. The zero-order chi connectivity index (χ0) is 21.6. The Hall–Kier alpha value is -3.55. The van der Waals surface area contributed by atoms with Crippen LogP contribution in [0, 0.1) is 0 Å². The van der Waals surface area contributed by atoms with Gasteiger partial charge in [-0.15, -0.1) is 0 Å². The van der Waals surface area contributed by atoms with E-state index in [2.05, 4.69) is 21.8 Å². The molecule has 0 unspecified atom stereocenters. The van der Waals surface area contributed by atoms with Crippen molar-refractivity contribution in [2.24, 2.45) is 0 Å². The van der Waals surface area contributed by atoms with Crippen LogP contribution in [0.1, 0.15) is 12.0 Å². The Bertz CT molecular complexity index is 1130. The molecule has 0 aliphatic carbocycles. The van der Waals surface area contributed by atoms with Crippen LogP contribution in [0.2, 0.25) is 0 Å². The lowest BCUT2D eigenvalue weighted by Gasteiger charge is -2.38. The summed E-state index contributed by atoms with van der Waals surface area (Å²) in [6.45, 7) is 5.95. The third-order valence-electron chi connectivity index (χ3n) is 5.67. The highest BCUT2D eigenvalue weighted by atomic mass is 19.4. The van der Waals surface area contributed by atoms with Gasteiger partial charge in [-0.25, -0.2) is 9.97 Å². The topological polar surface area (TPSA) is 44.3 Å². The van der Waals surface area contributed by atoms with E-state index in [1.807, 2.05) is 29.2 Å². The molecule has 5 nitrogen and oxygen atoms in total. The summed E-state index contributed by atoms with van der Waals surface area (Å²) in [5, 5.41) is 3.24. The number of nitrogens with one attached hydrogen (secondary N) is 1. The number of nitrogens with zero attached hydrogens (tertiary/aromatic N) is 4. The molecule has 8 heteroatoms. The summed E-state index contributed by atoms with van der Waals surface area (Å²) in [5.41, 5.74) is 1.18. The quantitative estimate of drug-likeness (QED) is 0.629. The van der Waals surface area contributed by atoms with E-state index in [1.54, 1.807) is 18.3 Å². The van der Waals surface area contributed by atoms with Crippen LogP contribution < -0.4 is 15.1 Å². The average molecular weight is 423 g/mol. The van der Waals surface area contributed by atoms with Gasteiger partial charge in [0, 0.05) is 24.8 Å². The van der Waals surface area contributed by atoms with Crippen molar-refractivity contribution in [1.29, 1.82) is 0 Å². The van der Waals surface area contributed by atoms with Crippen molar-refractivity contribution in [3.63, 3.8) is 0 Å². The summed E-state index contributed by atoms with van der Waals surface area (Å²) >= 11 is 0. The number of halogens is 3. The van der Waals surface area contributed by atoms with Crippen molar-refractivity contribution in [3.05, 3.63) is 78.8 Å². The molecule has 2 aliphatic rings. The van der Waals surface area contributed by atoms with Crippen molar-refractivity contribution in [3.8, 4) is 11.3 Å². The minimum atomic E-state index is -4.40. The third-order valence-corrected chi connectivity index (χ3v) is 5.67. The Labute approximate surface area is 177 Å². The van der Waals surface area contributed by atoms with Gasteiger partial charge in [-0.3, -0.25) is 0 Å². The zero-order valence-electron chi connectivity index (χ0n) is 16.6. The highest BCUT2D eigenvalue weighted by molar-refractivity contribution is 5.78. The number of fused-ring (bicyclic) bond motifs is 4. The van der Waals surface area contributed by atoms with E-state index in [9.17, 15) is 13.2 Å². The zero-order valence-corrected chi connectivity index (χ0v) is 16.6. The molecule has 4 heterocycles. The van der Waals surface area contributed by atoms with Crippen molar-refractivity contribution in [2.75, 3.05) is 28.2 Å². The van der Waals surface area contributed by atoms with Crippen LogP contribution in [0.5, 0.6) is 0 Å². The van der Waals surface area contributed by atoms with E-state index in [0.717, 1.165) is 37.3 Å². The maximum Gasteiger partial charge on any atom is 0.416 e. The van der Waals surface area contributed by atoms with E-state index in [1.165, 1.54) is 6.07 Å². The van der Waals surface area contributed by atoms with E-state index in [0.29, 0.717) is 28.7 Å². The van der Waals surface area contributed by atoms with Crippen molar-refractivity contribution < 1.29 is 13.2 Å². The molecule has 3 aromatic rings. The molecule has 0 radical (unpaired) electrons. The number of alkyl halides is 3. The summed E-state index contributed by atoms with van der Waals surface area (Å²) in [6, 6.07) is 14.7. The normalized spacial score (nSPS) is 17.5. The summed E-state index contributed by atoms with van der Waals surface area (Å²) < 4.78 is 39.5. The third kappa shape index (κ3) is 3.58. The van der Waals surface area contributed by atoms with E-state index < -0.39 is 11.7 Å². The van der Waals surface area contributed by atoms with Gasteiger partial charge in [0.05, 0.1) is 23.0 Å². The van der Waals surface area contributed by atoms with Gasteiger partial charge in [-0.1, -0.05) is 24.8 Å². The molecule has 2 aliphatic heterocycles. The molecule has 1 fully saturated rings. The van der Waals surface area contributed by atoms with Gasteiger partial charge in [0.15, 0.2) is 5.82 Å². The van der Waals surface area contributed by atoms with Crippen LogP contribution in [0.25, 0.3) is 11.3 Å². The predicted molar refractivity (Wildman–Crippen MR) is 115 cm³/mol. The van der Waals surface area contributed by atoms with Gasteiger partial charge in [0.1, 0.15) is 11.6 Å². The molecule has 0 amide bonds. The fourth-order valence-corrected chi connectivity index (χ4v) is 4.22. The first-order chi connectivity index (χ1) is 14.9. The van der Waals surface area contributed by atoms with Gasteiger partial charge < -0.3 is 15.1 Å². The first-order valence-electron chi connectivity index (χ1n) is 10.00. The molecule has 1 N–H and O–H groups in total. The lowest BCUT2D eigenvalue weighted by Crippen LogP contribution is -2.43. The molecular weight excluding hydrogens is 403 g/mol. The lowest BCUT2D eigenvalue weighted by molar-refractivity contribution is -0.137. The van der Waals surface area contributed by atoms with Gasteiger partial charge >= 0.3 is 6.18 Å². The Morgan fingerprint density at radius 2 is 1.97 bits per heavy atom. The molecule has 1 aromatic carbocycles. The molecular formula is C23H20F3N5. The van der Waals surface area contributed by atoms with E-state index in [4.69, 9.17) is 4.98 Å². The monoisotopic (exact) mass is 423 g/mol. The minimum Gasteiger partial charge on any atom is -0.366 e. The first-order valence-corrected chi connectivity index (χ1v) is 10.00. The number of pyridine rings is 2. The van der Waals surface area contributed by atoms with Crippen LogP contribution in [-0.4, -0.2) is 29.1 Å². The van der Waals surface area contributed by atoms with Gasteiger partial charge in [-0.05, 0) is 42.8 Å². The van der Waals surface area contributed by atoms with Crippen LogP contribution in [0.3, 0.4) is 0 Å². The van der Waals surface area contributed by atoms with Crippen molar-refractivity contribution in [1.82, 2.24) is 9.97 Å². The van der Waals surface area contributed by atoms with E-state index >= 15 is 0 Å². The molecule has 5 rings (SSSR count). The van der Waals surface area contributed by atoms with E-state index in [-0.39, 0.29) is 6.04 Å². The molecule has 1 saturated heterocycles. The summed E-state index contributed by atoms with van der Waals surface area (Å²) in [5.74, 6) is 2.00. The van der Waals surface area contributed by atoms with Crippen LogP contribution in [0.4, 0.5) is 30.5 Å². The Balaban J connectivity index is 1.54. The Morgan fingerprint density at radius 1 is 1.10 bits per heavy atom. The number of hydrogen-bond acceptors (Lipinski definition) is 5. The smallest absolute Gasteiger partial charge is 0.366 e. The molecule has 2 bridgehead atoms. The van der Waals surface area contributed by atoms with Crippen molar-refractivity contribution in [2.45, 2.75) is 18.6 Å².